The number of aliphatic hydroxyl groups is 1. The molecule has 0 bridgehead atoms. The van der Waals surface area contributed by atoms with Crippen LogP contribution in [0, 0.1) is 0 Å². The fourth-order valence-corrected chi connectivity index (χ4v) is 1.35. The summed E-state index contributed by atoms with van der Waals surface area (Å²) in [6.45, 7) is 2.09. The molecular weight excluding hydrogens is 190 g/mol. The second-order valence-corrected chi connectivity index (χ2v) is 3.43. The van der Waals surface area contributed by atoms with Crippen LogP contribution in [0.5, 0.6) is 5.75 Å². The average Bonchev–Trinajstić information content (AvgIpc) is 2.30. The molecule has 0 aliphatic heterocycles. The number of methoxy groups -OCH3 is 1. The molecule has 0 atom stereocenters. The molecule has 0 saturated carbocycles. The van der Waals surface area contributed by atoms with E-state index in [1.54, 1.807) is 7.11 Å². The summed E-state index contributed by atoms with van der Waals surface area (Å²) in [5.74, 6) is 0.895. The molecule has 1 rings (SSSR count). The number of rotatable bonds is 7. The molecule has 0 fully saturated rings. The zero-order chi connectivity index (χ0) is 10.9. The van der Waals surface area contributed by atoms with Crippen molar-refractivity contribution < 1.29 is 9.84 Å². The lowest BCUT2D eigenvalue weighted by molar-refractivity contribution is 0.286. The standard InChI is InChI=1S/C12H19NO2/c1-15-12-5-3-11(4-6-12)7-9-13-8-2-10-14/h3-6,13-14H,2,7-10H2,1H3. The summed E-state index contributed by atoms with van der Waals surface area (Å²) in [7, 11) is 1.67. The third-order valence-electron chi connectivity index (χ3n) is 2.26. The fraction of sp³-hybridized carbons (Fsp3) is 0.500. The molecule has 0 radical (unpaired) electrons. The zero-order valence-corrected chi connectivity index (χ0v) is 9.20. The van der Waals surface area contributed by atoms with Crippen LogP contribution in [-0.4, -0.2) is 31.9 Å². The molecule has 1 aromatic rings. The normalized spacial score (nSPS) is 10.3. The van der Waals surface area contributed by atoms with Gasteiger partial charge in [-0.05, 0) is 43.6 Å². The van der Waals surface area contributed by atoms with E-state index in [9.17, 15) is 0 Å². The van der Waals surface area contributed by atoms with Gasteiger partial charge in [-0.2, -0.15) is 0 Å². The van der Waals surface area contributed by atoms with E-state index in [0.717, 1.165) is 31.7 Å². The lowest BCUT2D eigenvalue weighted by Crippen LogP contribution is -2.19. The summed E-state index contributed by atoms with van der Waals surface area (Å²) >= 11 is 0. The predicted octanol–water partition coefficient (Wildman–Crippen LogP) is 1.21. The van der Waals surface area contributed by atoms with Crippen molar-refractivity contribution in [2.45, 2.75) is 12.8 Å². The van der Waals surface area contributed by atoms with Gasteiger partial charge in [0.05, 0.1) is 7.11 Å². The van der Waals surface area contributed by atoms with Crippen molar-refractivity contribution in [2.24, 2.45) is 0 Å². The molecule has 2 N–H and O–H groups in total. The third kappa shape index (κ3) is 4.81. The van der Waals surface area contributed by atoms with Crippen molar-refractivity contribution in [3.8, 4) is 5.75 Å². The van der Waals surface area contributed by atoms with Gasteiger partial charge in [0.1, 0.15) is 5.75 Å². The van der Waals surface area contributed by atoms with Crippen LogP contribution >= 0.6 is 0 Å². The van der Waals surface area contributed by atoms with Gasteiger partial charge in [0, 0.05) is 6.61 Å². The topological polar surface area (TPSA) is 41.5 Å². The smallest absolute Gasteiger partial charge is 0.118 e. The minimum absolute atomic E-state index is 0.259. The Bertz CT molecular complexity index is 259. The molecule has 84 valence electrons. The highest BCUT2D eigenvalue weighted by atomic mass is 16.5. The maximum atomic E-state index is 8.59. The predicted molar refractivity (Wildman–Crippen MR) is 61.3 cm³/mol. The van der Waals surface area contributed by atoms with Crippen LogP contribution in [0.25, 0.3) is 0 Å². The number of benzene rings is 1. The Morgan fingerprint density at radius 2 is 1.93 bits per heavy atom. The highest BCUT2D eigenvalue weighted by Crippen LogP contribution is 2.11. The van der Waals surface area contributed by atoms with Crippen molar-refractivity contribution in [1.29, 1.82) is 0 Å². The Hall–Kier alpha value is -1.06. The van der Waals surface area contributed by atoms with Crippen molar-refractivity contribution in [3.05, 3.63) is 29.8 Å². The molecule has 3 nitrogen and oxygen atoms in total. The van der Waals surface area contributed by atoms with E-state index in [0.29, 0.717) is 0 Å². The molecule has 15 heavy (non-hydrogen) atoms. The van der Waals surface area contributed by atoms with Crippen LogP contribution in [-0.2, 0) is 6.42 Å². The van der Waals surface area contributed by atoms with Gasteiger partial charge < -0.3 is 15.2 Å². The van der Waals surface area contributed by atoms with Gasteiger partial charge in [0.15, 0.2) is 0 Å². The minimum atomic E-state index is 0.259. The van der Waals surface area contributed by atoms with Gasteiger partial charge in [-0.1, -0.05) is 12.1 Å². The van der Waals surface area contributed by atoms with Gasteiger partial charge in [0.25, 0.3) is 0 Å². The van der Waals surface area contributed by atoms with Crippen molar-refractivity contribution in [3.63, 3.8) is 0 Å². The van der Waals surface area contributed by atoms with Gasteiger partial charge >= 0.3 is 0 Å². The molecule has 0 saturated heterocycles. The monoisotopic (exact) mass is 209 g/mol. The molecule has 1 aromatic carbocycles. The molecule has 0 aliphatic carbocycles. The average molecular weight is 209 g/mol. The first-order valence-corrected chi connectivity index (χ1v) is 5.31. The molecule has 3 heteroatoms. The lowest BCUT2D eigenvalue weighted by Gasteiger charge is -2.04. The molecule has 0 aliphatic rings. The molecule has 0 spiro atoms. The lowest BCUT2D eigenvalue weighted by atomic mass is 10.1. The van der Waals surface area contributed by atoms with E-state index in [2.05, 4.69) is 17.4 Å². The summed E-state index contributed by atoms with van der Waals surface area (Å²) in [6, 6.07) is 8.10. The first-order chi connectivity index (χ1) is 7.36. The summed E-state index contributed by atoms with van der Waals surface area (Å²) in [6.07, 6.45) is 1.83. The highest BCUT2D eigenvalue weighted by Gasteiger charge is 1.94. The molecule has 0 amide bonds. The van der Waals surface area contributed by atoms with Crippen LogP contribution < -0.4 is 10.1 Å². The maximum absolute atomic E-state index is 8.59. The first kappa shape index (κ1) is 12.0. The Balaban J connectivity index is 2.20. The number of hydrogen-bond acceptors (Lipinski definition) is 3. The van der Waals surface area contributed by atoms with Crippen LogP contribution in [0.1, 0.15) is 12.0 Å². The first-order valence-electron chi connectivity index (χ1n) is 5.31. The Morgan fingerprint density at radius 3 is 2.53 bits per heavy atom. The quantitative estimate of drug-likeness (QED) is 0.663. The largest absolute Gasteiger partial charge is 0.497 e. The Kier molecular flexibility index (Phi) is 5.81. The second kappa shape index (κ2) is 7.26. The van der Waals surface area contributed by atoms with E-state index in [1.807, 2.05) is 12.1 Å². The van der Waals surface area contributed by atoms with Crippen molar-refractivity contribution >= 4 is 0 Å². The van der Waals surface area contributed by atoms with E-state index < -0.39 is 0 Å². The van der Waals surface area contributed by atoms with Crippen molar-refractivity contribution in [2.75, 3.05) is 26.8 Å². The van der Waals surface area contributed by atoms with Gasteiger partial charge in [-0.25, -0.2) is 0 Å². The number of ether oxygens (including phenoxy) is 1. The zero-order valence-electron chi connectivity index (χ0n) is 9.20. The van der Waals surface area contributed by atoms with E-state index in [4.69, 9.17) is 9.84 Å². The number of nitrogens with one attached hydrogen (secondary N) is 1. The Labute approximate surface area is 91.1 Å². The molecular formula is C12H19NO2. The van der Waals surface area contributed by atoms with Gasteiger partial charge in [0.2, 0.25) is 0 Å². The Morgan fingerprint density at radius 1 is 1.20 bits per heavy atom. The molecule has 0 aromatic heterocycles. The van der Waals surface area contributed by atoms with Crippen LogP contribution in [0.2, 0.25) is 0 Å². The molecule has 0 unspecified atom stereocenters. The third-order valence-corrected chi connectivity index (χ3v) is 2.26. The molecule has 0 heterocycles. The van der Waals surface area contributed by atoms with Crippen molar-refractivity contribution in [1.82, 2.24) is 5.32 Å². The van der Waals surface area contributed by atoms with Crippen LogP contribution in [0.4, 0.5) is 0 Å². The highest BCUT2D eigenvalue weighted by molar-refractivity contribution is 5.27. The summed E-state index contributed by atoms with van der Waals surface area (Å²) in [5.41, 5.74) is 1.30. The number of hydrogen-bond donors (Lipinski definition) is 2. The van der Waals surface area contributed by atoms with Crippen LogP contribution in [0.15, 0.2) is 24.3 Å². The minimum Gasteiger partial charge on any atom is -0.497 e. The van der Waals surface area contributed by atoms with Gasteiger partial charge in [-0.15, -0.1) is 0 Å². The second-order valence-electron chi connectivity index (χ2n) is 3.43. The summed E-state index contributed by atoms with van der Waals surface area (Å²) in [4.78, 5) is 0. The maximum Gasteiger partial charge on any atom is 0.118 e. The SMILES string of the molecule is COc1ccc(CCNCCCO)cc1. The van der Waals surface area contributed by atoms with Crippen LogP contribution in [0.3, 0.4) is 0 Å². The number of aliphatic hydroxyl groups excluding tert-OH is 1. The summed E-state index contributed by atoms with van der Waals surface area (Å²) in [5, 5.41) is 11.9. The van der Waals surface area contributed by atoms with E-state index in [-0.39, 0.29) is 6.61 Å². The fourth-order valence-electron chi connectivity index (χ4n) is 1.35. The van der Waals surface area contributed by atoms with E-state index in [1.165, 1.54) is 5.56 Å². The van der Waals surface area contributed by atoms with Gasteiger partial charge in [-0.3, -0.25) is 0 Å². The summed E-state index contributed by atoms with van der Waals surface area (Å²) < 4.78 is 5.08. The van der Waals surface area contributed by atoms with E-state index >= 15 is 0 Å².